The average Bonchev–Trinajstić information content (AvgIpc) is 3.15. The van der Waals surface area contributed by atoms with E-state index in [1.807, 2.05) is 0 Å². The van der Waals surface area contributed by atoms with E-state index < -0.39 is 6.10 Å². The number of aliphatic hydroxyl groups is 1. The van der Waals surface area contributed by atoms with Crippen LogP contribution in [0.2, 0.25) is 0 Å². The molecule has 0 aromatic heterocycles. The Bertz CT molecular complexity index is 957. The van der Waals surface area contributed by atoms with Crippen molar-refractivity contribution in [3.63, 3.8) is 0 Å². The smallest absolute Gasteiger partial charge is 0.306 e. The van der Waals surface area contributed by atoms with Crippen LogP contribution in [0, 0.1) is 0 Å². The van der Waals surface area contributed by atoms with Crippen molar-refractivity contribution in [2.24, 2.45) is 0 Å². The molecule has 0 saturated heterocycles. The number of allylic oxidation sites excluding steroid dienone is 12. The molecule has 0 radical (unpaired) electrons. The molecule has 0 aromatic rings. The van der Waals surface area contributed by atoms with E-state index in [2.05, 4.69) is 86.8 Å². The zero-order valence-electron chi connectivity index (χ0n) is 33.8. The van der Waals surface area contributed by atoms with Crippen molar-refractivity contribution in [1.82, 2.24) is 0 Å². The minimum atomic E-state index is -0.804. The van der Waals surface area contributed by atoms with E-state index in [4.69, 9.17) is 9.47 Å². The lowest BCUT2D eigenvalue weighted by Gasteiger charge is -2.15. The Balaban J connectivity index is 3.61. The van der Waals surface area contributed by atoms with Crippen molar-refractivity contribution >= 4 is 11.9 Å². The van der Waals surface area contributed by atoms with Crippen molar-refractivity contribution in [3.8, 4) is 0 Å². The molecule has 0 unspecified atom stereocenters. The number of ether oxygens (including phenoxy) is 2. The van der Waals surface area contributed by atoms with Crippen molar-refractivity contribution in [2.75, 3.05) is 13.2 Å². The Kier molecular flexibility index (Phi) is 40.6. The van der Waals surface area contributed by atoms with Crippen LogP contribution in [-0.4, -0.2) is 36.4 Å². The van der Waals surface area contributed by atoms with Gasteiger partial charge < -0.3 is 14.6 Å². The van der Waals surface area contributed by atoms with Crippen LogP contribution in [0.4, 0.5) is 0 Å². The van der Waals surface area contributed by atoms with Gasteiger partial charge >= 0.3 is 11.9 Å². The van der Waals surface area contributed by atoms with Crippen molar-refractivity contribution in [2.45, 2.75) is 200 Å². The number of aliphatic hydroxyl groups excluding tert-OH is 1. The lowest BCUT2D eigenvalue weighted by molar-refractivity contribution is -0.161. The molecule has 0 heterocycles. The number of carbonyl (C=O) groups excluding carboxylic acids is 2. The van der Waals surface area contributed by atoms with Gasteiger partial charge in [-0.3, -0.25) is 9.59 Å². The summed E-state index contributed by atoms with van der Waals surface area (Å²) in [4.78, 5) is 24.3. The van der Waals surface area contributed by atoms with E-state index in [9.17, 15) is 14.7 Å². The van der Waals surface area contributed by atoms with Crippen LogP contribution in [0.15, 0.2) is 72.9 Å². The second-order valence-corrected chi connectivity index (χ2v) is 14.0. The maximum atomic E-state index is 12.2. The van der Waals surface area contributed by atoms with Crippen LogP contribution < -0.4 is 0 Å². The number of rotatable bonds is 38. The number of hydrogen-bond acceptors (Lipinski definition) is 5. The fourth-order valence-electron chi connectivity index (χ4n) is 5.76. The van der Waals surface area contributed by atoms with Gasteiger partial charge in [-0.15, -0.1) is 0 Å². The van der Waals surface area contributed by atoms with E-state index in [0.717, 1.165) is 57.8 Å². The number of hydrogen-bond donors (Lipinski definition) is 1. The van der Waals surface area contributed by atoms with Crippen LogP contribution >= 0.6 is 0 Å². The largest absolute Gasteiger partial charge is 0.462 e. The fourth-order valence-corrected chi connectivity index (χ4v) is 5.76. The third kappa shape index (κ3) is 40.1. The lowest BCUT2D eigenvalue weighted by atomic mass is 10.0. The monoisotopic (exact) mass is 725 g/mol. The van der Waals surface area contributed by atoms with E-state index in [1.54, 1.807) is 0 Å². The molecule has 1 N–H and O–H groups in total. The summed E-state index contributed by atoms with van der Waals surface area (Å²) >= 11 is 0. The molecular weight excluding hydrogens is 645 g/mol. The lowest BCUT2D eigenvalue weighted by Crippen LogP contribution is -2.28. The first-order chi connectivity index (χ1) is 25.6. The zero-order chi connectivity index (χ0) is 37.8. The molecule has 0 aromatic carbocycles. The average molecular weight is 725 g/mol. The second kappa shape index (κ2) is 42.8. The van der Waals surface area contributed by atoms with E-state index in [-0.39, 0.29) is 31.6 Å². The van der Waals surface area contributed by atoms with Crippen molar-refractivity contribution in [1.29, 1.82) is 0 Å². The fraction of sp³-hybridized carbons (Fsp3) is 0.702. The molecule has 5 nitrogen and oxygen atoms in total. The molecule has 0 bridgehead atoms. The molecule has 0 saturated carbocycles. The van der Waals surface area contributed by atoms with Gasteiger partial charge in [0.2, 0.25) is 0 Å². The summed E-state index contributed by atoms with van der Waals surface area (Å²) in [6, 6.07) is 0. The first-order valence-corrected chi connectivity index (χ1v) is 21.5. The number of esters is 2. The Hall–Kier alpha value is -2.66. The maximum Gasteiger partial charge on any atom is 0.306 e. The first-order valence-electron chi connectivity index (χ1n) is 21.5. The maximum absolute atomic E-state index is 12.2. The Morgan fingerprint density at radius 1 is 0.462 bits per heavy atom. The van der Waals surface area contributed by atoms with Gasteiger partial charge in [-0.05, 0) is 77.0 Å². The summed E-state index contributed by atoms with van der Waals surface area (Å²) in [5.74, 6) is -0.662. The quantitative estimate of drug-likeness (QED) is 0.0390. The summed E-state index contributed by atoms with van der Waals surface area (Å²) < 4.78 is 10.6. The minimum absolute atomic E-state index is 0.0915. The molecular formula is C47H80O5. The number of unbranched alkanes of at least 4 members (excludes halogenated alkanes) is 18. The molecule has 1 atom stereocenters. The van der Waals surface area contributed by atoms with Crippen LogP contribution in [0.5, 0.6) is 0 Å². The zero-order valence-corrected chi connectivity index (χ0v) is 33.8. The highest BCUT2D eigenvalue weighted by atomic mass is 16.6. The van der Waals surface area contributed by atoms with E-state index in [0.29, 0.717) is 12.8 Å². The van der Waals surface area contributed by atoms with Crippen LogP contribution in [-0.2, 0) is 19.1 Å². The summed E-state index contributed by atoms with van der Waals surface area (Å²) in [5.41, 5.74) is 0. The Morgan fingerprint density at radius 3 is 1.33 bits per heavy atom. The second-order valence-electron chi connectivity index (χ2n) is 14.0. The Labute approximate surface area is 321 Å². The van der Waals surface area contributed by atoms with Gasteiger partial charge in [-0.2, -0.15) is 0 Å². The predicted octanol–water partition coefficient (Wildman–Crippen LogP) is 13.7. The van der Waals surface area contributed by atoms with Crippen LogP contribution in [0.1, 0.15) is 194 Å². The van der Waals surface area contributed by atoms with Gasteiger partial charge in [-0.25, -0.2) is 0 Å². The van der Waals surface area contributed by atoms with Crippen LogP contribution in [0.25, 0.3) is 0 Å². The predicted molar refractivity (Wildman–Crippen MR) is 223 cm³/mol. The topological polar surface area (TPSA) is 72.8 Å². The highest BCUT2D eigenvalue weighted by molar-refractivity contribution is 5.70. The molecule has 0 aliphatic carbocycles. The molecule has 0 aliphatic heterocycles. The standard InChI is InChI=1S/C47H80O5/c1-3-5-7-9-11-13-15-17-19-21-22-23-24-26-27-29-31-33-35-37-39-41-46(49)51-44-45(43-48)52-47(50)42-40-38-36-34-32-30-28-25-20-18-16-14-12-10-8-6-4-2/h6,8,12,14,17-20,28,30,34,36,45,48H,3-5,7,9-11,13,15-16,21-27,29,31-33,35,37-44H2,1-2H3/b8-6-,14-12-,19-17-,20-18-,30-28-,36-34-/t45-/m0/s1. The highest BCUT2D eigenvalue weighted by Crippen LogP contribution is 2.14. The van der Waals surface area contributed by atoms with Gasteiger partial charge in [0.05, 0.1) is 6.61 Å². The molecule has 0 amide bonds. The van der Waals surface area contributed by atoms with E-state index in [1.165, 1.54) is 103 Å². The molecule has 0 rings (SSSR count). The van der Waals surface area contributed by atoms with E-state index >= 15 is 0 Å². The minimum Gasteiger partial charge on any atom is -0.462 e. The van der Waals surface area contributed by atoms with Crippen LogP contribution in [0.3, 0.4) is 0 Å². The van der Waals surface area contributed by atoms with Gasteiger partial charge in [0, 0.05) is 12.8 Å². The summed E-state index contributed by atoms with van der Waals surface area (Å²) in [7, 11) is 0. The molecule has 0 spiro atoms. The summed E-state index contributed by atoms with van der Waals surface area (Å²) in [6.07, 6.45) is 56.9. The molecule has 0 fully saturated rings. The van der Waals surface area contributed by atoms with Crippen molar-refractivity contribution < 1.29 is 24.2 Å². The molecule has 0 aliphatic rings. The Morgan fingerprint density at radius 2 is 0.846 bits per heavy atom. The van der Waals surface area contributed by atoms with Crippen molar-refractivity contribution in [3.05, 3.63) is 72.9 Å². The number of carbonyl (C=O) groups is 2. The third-order valence-corrected chi connectivity index (χ3v) is 8.98. The molecule has 5 heteroatoms. The third-order valence-electron chi connectivity index (χ3n) is 8.98. The van der Waals surface area contributed by atoms with Gasteiger partial charge in [-0.1, -0.05) is 177 Å². The molecule has 52 heavy (non-hydrogen) atoms. The van der Waals surface area contributed by atoms with Gasteiger partial charge in [0.15, 0.2) is 6.10 Å². The normalized spacial score (nSPS) is 12.9. The summed E-state index contributed by atoms with van der Waals surface area (Å²) in [6.45, 7) is 3.97. The van der Waals surface area contributed by atoms with Gasteiger partial charge in [0.1, 0.15) is 6.61 Å². The molecule has 298 valence electrons. The summed E-state index contributed by atoms with van der Waals surface area (Å²) in [5, 5.41) is 9.57. The van der Waals surface area contributed by atoms with Gasteiger partial charge in [0.25, 0.3) is 0 Å². The highest BCUT2D eigenvalue weighted by Gasteiger charge is 2.16. The first kappa shape index (κ1) is 49.3. The SMILES string of the molecule is CC/C=C\C/C=C\C/C=C\C/C=C\C/C=C\CCCC(=O)O[C@@H](CO)COC(=O)CCCCCCCCCCCCC/C=C\CCCCCCCC.